The molecule has 3 heterocycles. The van der Waals surface area contributed by atoms with Gasteiger partial charge in [0.1, 0.15) is 11.4 Å². The minimum absolute atomic E-state index is 0.624. The van der Waals surface area contributed by atoms with Crippen LogP contribution >= 0.6 is 0 Å². The van der Waals surface area contributed by atoms with Gasteiger partial charge in [-0.15, -0.1) is 0 Å². The molecule has 0 aliphatic carbocycles. The Balaban J connectivity index is 1.32. The monoisotopic (exact) mass is 513 g/mol. The number of aromatic nitrogens is 3. The highest BCUT2D eigenvalue weighted by molar-refractivity contribution is 6.09. The van der Waals surface area contributed by atoms with Gasteiger partial charge in [0.15, 0.2) is 0 Å². The number of furan rings is 1. The third kappa shape index (κ3) is 3.62. The number of hydrogen-bond acceptors (Lipinski definition) is 3. The lowest BCUT2D eigenvalue weighted by atomic mass is 10.1. The van der Waals surface area contributed by atoms with Gasteiger partial charge in [0.25, 0.3) is 0 Å². The van der Waals surface area contributed by atoms with Crippen LogP contribution in [-0.2, 0) is 0 Å². The summed E-state index contributed by atoms with van der Waals surface area (Å²) >= 11 is 0. The molecule has 0 unspecified atom stereocenters. The van der Waals surface area contributed by atoms with E-state index in [-0.39, 0.29) is 0 Å². The van der Waals surface area contributed by atoms with Gasteiger partial charge in [0.05, 0.1) is 22.3 Å². The Morgan fingerprint density at radius 3 is 2.00 bits per heavy atom. The minimum atomic E-state index is 0.624. The predicted molar refractivity (Wildman–Crippen MR) is 162 cm³/mol. The SMILES string of the molecule is c1ccc(-c2ccc(-n3c(-c4cccc5c4oc4nc(-c6ccccc6)ccc45)nc4ccccc43)cc2)cc1. The van der Waals surface area contributed by atoms with Crippen LogP contribution in [0.1, 0.15) is 0 Å². The van der Waals surface area contributed by atoms with E-state index in [1.54, 1.807) is 0 Å². The van der Waals surface area contributed by atoms with Gasteiger partial charge >= 0.3 is 0 Å². The van der Waals surface area contributed by atoms with E-state index in [4.69, 9.17) is 14.4 Å². The first-order valence-corrected chi connectivity index (χ1v) is 13.3. The fourth-order valence-electron chi connectivity index (χ4n) is 5.53. The molecule has 0 radical (unpaired) electrons. The first kappa shape index (κ1) is 22.5. The largest absolute Gasteiger partial charge is 0.437 e. The van der Waals surface area contributed by atoms with Crippen molar-refractivity contribution < 1.29 is 4.42 Å². The number of nitrogens with zero attached hydrogens (tertiary/aromatic N) is 3. The molecule has 0 bridgehead atoms. The quantitative estimate of drug-likeness (QED) is 0.235. The van der Waals surface area contributed by atoms with Crippen LogP contribution in [0.25, 0.3) is 72.6 Å². The van der Waals surface area contributed by atoms with Crippen molar-refractivity contribution in [2.75, 3.05) is 0 Å². The van der Waals surface area contributed by atoms with Gasteiger partial charge in [-0.2, -0.15) is 0 Å². The molecule has 5 aromatic carbocycles. The van der Waals surface area contributed by atoms with Crippen LogP contribution in [0.15, 0.2) is 144 Å². The fourth-order valence-corrected chi connectivity index (χ4v) is 5.53. The van der Waals surface area contributed by atoms with E-state index in [9.17, 15) is 0 Å². The average Bonchev–Trinajstić information content (AvgIpc) is 3.60. The van der Waals surface area contributed by atoms with Crippen molar-refractivity contribution in [3.8, 4) is 39.5 Å². The minimum Gasteiger partial charge on any atom is -0.437 e. The molecule has 4 nitrogen and oxygen atoms in total. The highest BCUT2D eigenvalue weighted by Crippen LogP contribution is 2.38. The standard InChI is InChI=1S/C36H23N3O/c1-3-10-24(11-4-1)25-18-20-27(21-19-25)39-33-17-8-7-16-32(33)37-35(39)30-15-9-14-28-29-22-23-31(26-12-5-2-6-13-26)38-36(29)40-34(28)30/h1-23H. The second-order valence-electron chi connectivity index (χ2n) is 9.87. The Morgan fingerprint density at radius 2 is 1.20 bits per heavy atom. The summed E-state index contributed by atoms with van der Waals surface area (Å²) in [5.74, 6) is 0.835. The van der Waals surface area contributed by atoms with E-state index >= 15 is 0 Å². The van der Waals surface area contributed by atoms with Crippen molar-refractivity contribution in [2.45, 2.75) is 0 Å². The molecule has 4 heteroatoms. The molecule has 0 saturated carbocycles. The number of pyridine rings is 1. The van der Waals surface area contributed by atoms with Crippen molar-refractivity contribution in [3.63, 3.8) is 0 Å². The second-order valence-corrected chi connectivity index (χ2v) is 9.87. The lowest BCUT2D eigenvalue weighted by Gasteiger charge is -2.11. The van der Waals surface area contributed by atoms with Crippen molar-refractivity contribution in [1.29, 1.82) is 0 Å². The Kier molecular flexibility index (Phi) is 5.10. The molecular formula is C36H23N3O. The van der Waals surface area contributed by atoms with Gasteiger partial charge in [-0.05, 0) is 53.6 Å². The van der Waals surface area contributed by atoms with Gasteiger partial charge in [0.2, 0.25) is 5.71 Å². The number of rotatable bonds is 4. The highest BCUT2D eigenvalue weighted by atomic mass is 16.3. The lowest BCUT2D eigenvalue weighted by molar-refractivity contribution is 0.655. The van der Waals surface area contributed by atoms with E-state index in [2.05, 4.69) is 114 Å². The maximum Gasteiger partial charge on any atom is 0.227 e. The molecule has 0 fully saturated rings. The number of para-hydroxylation sites is 3. The van der Waals surface area contributed by atoms with E-state index < -0.39 is 0 Å². The lowest BCUT2D eigenvalue weighted by Crippen LogP contribution is -1.98. The first-order chi connectivity index (χ1) is 19.8. The Morgan fingerprint density at radius 1 is 0.500 bits per heavy atom. The van der Waals surface area contributed by atoms with Crippen LogP contribution in [0.2, 0.25) is 0 Å². The molecule has 0 amide bonds. The number of hydrogen-bond donors (Lipinski definition) is 0. The van der Waals surface area contributed by atoms with Crippen LogP contribution in [0.3, 0.4) is 0 Å². The Bertz CT molecular complexity index is 2140. The molecule has 0 aliphatic heterocycles. The van der Waals surface area contributed by atoms with Crippen LogP contribution < -0.4 is 0 Å². The number of benzene rings is 5. The molecular weight excluding hydrogens is 490 g/mol. The van der Waals surface area contributed by atoms with Crippen LogP contribution in [0.5, 0.6) is 0 Å². The highest BCUT2D eigenvalue weighted by Gasteiger charge is 2.20. The summed E-state index contributed by atoms with van der Waals surface area (Å²) in [7, 11) is 0. The summed E-state index contributed by atoms with van der Waals surface area (Å²) in [5, 5.41) is 2.02. The fraction of sp³-hybridized carbons (Fsp3) is 0. The van der Waals surface area contributed by atoms with Crippen molar-refractivity contribution in [2.24, 2.45) is 0 Å². The van der Waals surface area contributed by atoms with Crippen molar-refractivity contribution in [1.82, 2.24) is 14.5 Å². The molecule has 0 N–H and O–H groups in total. The van der Waals surface area contributed by atoms with E-state index in [1.165, 1.54) is 11.1 Å². The molecule has 40 heavy (non-hydrogen) atoms. The molecule has 8 aromatic rings. The number of fused-ring (bicyclic) bond motifs is 4. The molecule has 0 aliphatic rings. The van der Waals surface area contributed by atoms with Crippen LogP contribution in [0.4, 0.5) is 0 Å². The topological polar surface area (TPSA) is 43.9 Å². The summed E-state index contributed by atoms with van der Waals surface area (Å²) in [6, 6.07) is 47.9. The first-order valence-electron chi connectivity index (χ1n) is 13.3. The third-order valence-corrected chi connectivity index (χ3v) is 7.47. The maximum absolute atomic E-state index is 6.50. The molecule has 0 spiro atoms. The predicted octanol–water partition coefficient (Wildman–Crippen LogP) is 9.32. The van der Waals surface area contributed by atoms with Gasteiger partial charge in [-0.25, -0.2) is 9.97 Å². The summed E-state index contributed by atoms with van der Waals surface area (Å²) in [4.78, 5) is 9.99. The van der Waals surface area contributed by atoms with Crippen molar-refractivity contribution >= 4 is 33.1 Å². The third-order valence-electron chi connectivity index (χ3n) is 7.47. The number of imidazole rings is 1. The summed E-state index contributed by atoms with van der Waals surface area (Å²) in [5.41, 5.74) is 9.68. The van der Waals surface area contributed by atoms with E-state index in [1.807, 2.05) is 30.3 Å². The van der Waals surface area contributed by atoms with Gasteiger partial charge in [0, 0.05) is 22.0 Å². The summed E-state index contributed by atoms with van der Waals surface area (Å²) < 4.78 is 8.72. The van der Waals surface area contributed by atoms with E-state index in [0.29, 0.717) is 5.71 Å². The molecule has 0 saturated heterocycles. The summed E-state index contributed by atoms with van der Waals surface area (Å²) in [6.07, 6.45) is 0. The van der Waals surface area contributed by atoms with Crippen LogP contribution in [0, 0.1) is 0 Å². The molecule has 188 valence electrons. The Hall–Kier alpha value is -5.48. The van der Waals surface area contributed by atoms with Gasteiger partial charge in [-0.1, -0.05) is 97.1 Å². The molecule has 3 aromatic heterocycles. The van der Waals surface area contributed by atoms with Crippen LogP contribution in [-0.4, -0.2) is 14.5 Å². The van der Waals surface area contributed by atoms with E-state index in [0.717, 1.165) is 55.7 Å². The zero-order chi connectivity index (χ0) is 26.5. The summed E-state index contributed by atoms with van der Waals surface area (Å²) in [6.45, 7) is 0. The smallest absolute Gasteiger partial charge is 0.227 e. The zero-order valence-corrected chi connectivity index (χ0v) is 21.5. The van der Waals surface area contributed by atoms with Gasteiger partial charge in [-0.3, -0.25) is 4.57 Å². The molecule has 8 rings (SSSR count). The second kappa shape index (κ2) is 9.07. The maximum atomic E-state index is 6.50. The Labute approximate surface area is 230 Å². The molecule has 0 atom stereocenters. The zero-order valence-electron chi connectivity index (χ0n) is 21.5. The average molecular weight is 514 g/mol. The normalized spacial score (nSPS) is 11.5. The van der Waals surface area contributed by atoms with Gasteiger partial charge < -0.3 is 4.42 Å². The van der Waals surface area contributed by atoms with Crippen molar-refractivity contribution in [3.05, 3.63) is 140 Å².